The smallest absolute Gasteiger partial charge is 0.0710 e. The summed E-state index contributed by atoms with van der Waals surface area (Å²) in [6, 6.07) is 0. The zero-order chi connectivity index (χ0) is 9.40. The molecule has 0 aliphatic heterocycles. The highest BCUT2D eigenvalue weighted by molar-refractivity contribution is 4.68. The number of hydrogen-bond acceptors (Lipinski definition) is 2. The third kappa shape index (κ3) is 5.56. The van der Waals surface area contributed by atoms with Gasteiger partial charge in [0.25, 0.3) is 0 Å². The van der Waals surface area contributed by atoms with E-state index >= 15 is 0 Å². The van der Waals surface area contributed by atoms with Crippen molar-refractivity contribution in [1.29, 1.82) is 0 Å². The standard InChI is InChI=1S/C9H18.CH4O2/c1-3-9-6-4-8(2)5-7-9;1-3-2/h8-9H,3-7H2,1-2H3;2H,1H3. The van der Waals surface area contributed by atoms with Crippen molar-refractivity contribution in [3.63, 3.8) is 0 Å². The normalized spacial score (nSPS) is 29.0. The van der Waals surface area contributed by atoms with Gasteiger partial charge < -0.3 is 0 Å². The van der Waals surface area contributed by atoms with Crippen LogP contribution in [0.1, 0.15) is 46.0 Å². The van der Waals surface area contributed by atoms with Gasteiger partial charge >= 0.3 is 0 Å². The second-order valence-electron chi connectivity index (χ2n) is 3.72. The van der Waals surface area contributed by atoms with Crippen LogP contribution in [0.5, 0.6) is 0 Å². The summed E-state index contributed by atoms with van der Waals surface area (Å²) in [6.45, 7) is 4.70. The van der Waals surface area contributed by atoms with Crippen molar-refractivity contribution in [3.8, 4) is 0 Å². The molecule has 2 heteroatoms. The van der Waals surface area contributed by atoms with Gasteiger partial charge in [-0.25, -0.2) is 4.89 Å². The van der Waals surface area contributed by atoms with E-state index in [1.807, 2.05) is 0 Å². The summed E-state index contributed by atoms with van der Waals surface area (Å²) in [5, 5.41) is 7.07. The Bertz CT molecular complexity index is 85.8. The molecule has 1 fully saturated rings. The average Bonchev–Trinajstić information content (AvgIpc) is 2.07. The Morgan fingerprint density at radius 1 is 1.25 bits per heavy atom. The zero-order valence-electron chi connectivity index (χ0n) is 8.55. The van der Waals surface area contributed by atoms with Gasteiger partial charge in [0.05, 0.1) is 7.11 Å². The van der Waals surface area contributed by atoms with Crippen molar-refractivity contribution >= 4 is 0 Å². The number of hydrogen-bond donors (Lipinski definition) is 1. The van der Waals surface area contributed by atoms with Crippen LogP contribution in [-0.2, 0) is 4.89 Å². The maximum atomic E-state index is 7.07. The lowest BCUT2D eigenvalue weighted by Gasteiger charge is -2.24. The SMILES string of the molecule is CCC1CCC(C)CC1.COO. The fourth-order valence-electron chi connectivity index (χ4n) is 1.74. The van der Waals surface area contributed by atoms with E-state index in [1.54, 1.807) is 0 Å². The molecule has 2 nitrogen and oxygen atoms in total. The van der Waals surface area contributed by atoms with Crippen molar-refractivity contribution in [3.05, 3.63) is 0 Å². The lowest BCUT2D eigenvalue weighted by Crippen LogP contribution is -2.10. The zero-order valence-corrected chi connectivity index (χ0v) is 8.55. The topological polar surface area (TPSA) is 29.5 Å². The summed E-state index contributed by atoms with van der Waals surface area (Å²) >= 11 is 0. The Balaban J connectivity index is 0.000000354. The van der Waals surface area contributed by atoms with Crippen LogP contribution in [0.25, 0.3) is 0 Å². The summed E-state index contributed by atoms with van der Waals surface area (Å²) in [5.74, 6) is 2.09. The van der Waals surface area contributed by atoms with Crippen LogP contribution in [0.2, 0.25) is 0 Å². The molecule has 0 saturated heterocycles. The van der Waals surface area contributed by atoms with Gasteiger partial charge in [0.1, 0.15) is 0 Å². The Morgan fingerprint density at radius 2 is 1.67 bits per heavy atom. The minimum Gasteiger partial charge on any atom is -0.252 e. The largest absolute Gasteiger partial charge is 0.252 e. The second kappa shape index (κ2) is 7.56. The van der Waals surface area contributed by atoms with Gasteiger partial charge in [-0.05, 0) is 11.8 Å². The van der Waals surface area contributed by atoms with Gasteiger partial charge in [-0.2, -0.15) is 0 Å². The Labute approximate surface area is 75.9 Å². The van der Waals surface area contributed by atoms with Gasteiger partial charge in [-0.3, -0.25) is 5.26 Å². The van der Waals surface area contributed by atoms with E-state index in [-0.39, 0.29) is 0 Å². The van der Waals surface area contributed by atoms with Crippen LogP contribution in [0.15, 0.2) is 0 Å². The van der Waals surface area contributed by atoms with E-state index in [4.69, 9.17) is 5.26 Å². The van der Waals surface area contributed by atoms with Gasteiger partial charge in [0.15, 0.2) is 0 Å². The fraction of sp³-hybridized carbons (Fsp3) is 1.00. The van der Waals surface area contributed by atoms with Crippen molar-refractivity contribution in [2.24, 2.45) is 11.8 Å². The van der Waals surface area contributed by atoms with E-state index in [2.05, 4.69) is 18.7 Å². The minimum atomic E-state index is 1.02. The van der Waals surface area contributed by atoms with Gasteiger partial charge in [-0.15, -0.1) is 0 Å². The molecule has 0 aromatic carbocycles. The van der Waals surface area contributed by atoms with Crippen molar-refractivity contribution in [2.75, 3.05) is 7.11 Å². The summed E-state index contributed by atoms with van der Waals surface area (Å²) < 4.78 is 0. The molecule has 0 heterocycles. The first-order chi connectivity index (χ1) is 5.74. The molecule has 12 heavy (non-hydrogen) atoms. The molecule has 0 amide bonds. The maximum Gasteiger partial charge on any atom is 0.0710 e. The molecule has 0 atom stereocenters. The number of rotatable bonds is 1. The predicted molar refractivity (Wildman–Crippen MR) is 51.1 cm³/mol. The molecule has 1 saturated carbocycles. The van der Waals surface area contributed by atoms with Gasteiger partial charge in [0, 0.05) is 0 Å². The monoisotopic (exact) mass is 174 g/mol. The highest BCUT2D eigenvalue weighted by Gasteiger charge is 2.15. The highest BCUT2D eigenvalue weighted by atomic mass is 17.1. The van der Waals surface area contributed by atoms with E-state index in [9.17, 15) is 0 Å². The summed E-state index contributed by atoms with van der Waals surface area (Å²) in [4.78, 5) is 3.25. The molecule has 1 aliphatic rings. The maximum absolute atomic E-state index is 7.07. The molecule has 1 N–H and O–H groups in total. The molecular weight excluding hydrogens is 152 g/mol. The van der Waals surface area contributed by atoms with Crippen LogP contribution < -0.4 is 0 Å². The second-order valence-corrected chi connectivity index (χ2v) is 3.72. The molecule has 1 rings (SSSR count). The Kier molecular flexibility index (Phi) is 7.51. The lowest BCUT2D eigenvalue weighted by molar-refractivity contribution is -0.214. The third-order valence-electron chi connectivity index (χ3n) is 2.71. The van der Waals surface area contributed by atoms with Crippen molar-refractivity contribution in [2.45, 2.75) is 46.0 Å². The van der Waals surface area contributed by atoms with Gasteiger partial charge in [0.2, 0.25) is 0 Å². The third-order valence-corrected chi connectivity index (χ3v) is 2.71. The van der Waals surface area contributed by atoms with Crippen LogP contribution >= 0.6 is 0 Å². The molecule has 0 bridgehead atoms. The molecule has 0 spiro atoms. The minimum absolute atomic E-state index is 1.02. The van der Waals surface area contributed by atoms with Crippen molar-refractivity contribution < 1.29 is 10.1 Å². The molecule has 0 aromatic heterocycles. The quantitative estimate of drug-likeness (QED) is 0.488. The van der Waals surface area contributed by atoms with Crippen LogP contribution in [0.3, 0.4) is 0 Å². The van der Waals surface area contributed by atoms with E-state index in [1.165, 1.54) is 39.2 Å². The molecular formula is C10H22O2. The summed E-state index contributed by atoms with van der Waals surface area (Å²) in [6.07, 6.45) is 7.37. The van der Waals surface area contributed by atoms with E-state index in [0.717, 1.165) is 11.8 Å². The fourth-order valence-corrected chi connectivity index (χ4v) is 1.74. The van der Waals surface area contributed by atoms with E-state index in [0.29, 0.717) is 0 Å². The van der Waals surface area contributed by atoms with Crippen LogP contribution in [0, 0.1) is 11.8 Å². The van der Waals surface area contributed by atoms with Crippen LogP contribution in [0.4, 0.5) is 0 Å². The summed E-state index contributed by atoms with van der Waals surface area (Å²) in [5.41, 5.74) is 0. The van der Waals surface area contributed by atoms with Gasteiger partial charge in [-0.1, -0.05) is 46.0 Å². The first-order valence-corrected chi connectivity index (χ1v) is 4.92. The van der Waals surface area contributed by atoms with Crippen molar-refractivity contribution in [1.82, 2.24) is 0 Å². The Morgan fingerprint density at radius 3 is 2.00 bits per heavy atom. The lowest BCUT2D eigenvalue weighted by atomic mass is 9.82. The Hall–Kier alpha value is -0.0800. The van der Waals surface area contributed by atoms with Crippen LogP contribution in [-0.4, -0.2) is 12.4 Å². The molecule has 0 aromatic rings. The highest BCUT2D eigenvalue weighted by Crippen LogP contribution is 2.29. The predicted octanol–water partition coefficient (Wildman–Crippen LogP) is 3.33. The average molecular weight is 174 g/mol. The molecule has 74 valence electrons. The molecule has 1 aliphatic carbocycles. The first kappa shape index (κ1) is 11.9. The molecule has 0 radical (unpaired) electrons. The summed E-state index contributed by atoms with van der Waals surface area (Å²) in [7, 11) is 1.18. The van der Waals surface area contributed by atoms with E-state index < -0.39 is 0 Å². The first-order valence-electron chi connectivity index (χ1n) is 4.92. The molecule has 0 unspecified atom stereocenters.